The van der Waals surface area contributed by atoms with E-state index in [0.717, 1.165) is 11.8 Å². The Morgan fingerprint density at radius 1 is 0.933 bits per heavy atom. The third-order valence-corrected chi connectivity index (χ3v) is 7.31. The molecule has 0 aliphatic heterocycles. The Bertz CT molecular complexity index is 142. The number of hydrogen-bond donors (Lipinski definition) is 0. The zero-order chi connectivity index (χ0) is 11.4. The Kier molecular flexibility index (Phi) is 10.1. The van der Waals surface area contributed by atoms with E-state index in [1.165, 1.54) is 10.6 Å². The molecule has 0 radical (unpaired) electrons. The molecule has 0 saturated heterocycles. The van der Waals surface area contributed by atoms with Gasteiger partial charge < -0.3 is 3.79 Å². The summed E-state index contributed by atoms with van der Waals surface area (Å²) >= 11 is -1.35. The molecule has 0 aliphatic rings. The molecule has 0 aliphatic carbocycles. The van der Waals surface area contributed by atoms with E-state index in [9.17, 15) is 0 Å². The Morgan fingerprint density at radius 3 is 1.47 bits per heavy atom. The third kappa shape index (κ3) is 13.0. The van der Waals surface area contributed by atoms with Crippen molar-refractivity contribution in [3.05, 3.63) is 0 Å². The van der Waals surface area contributed by atoms with Crippen molar-refractivity contribution in [3.8, 4) is 0 Å². The SMILES string of the molecule is CC(C)[CH2][AlH-]([CH2]C(C)C)[O]C(C)(C)C.[Li+]. The summed E-state index contributed by atoms with van der Waals surface area (Å²) in [6.45, 7) is 15.8. The van der Waals surface area contributed by atoms with Gasteiger partial charge in [0.05, 0.1) is 0 Å². The van der Waals surface area contributed by atoms with Crippen LogP contribution in [0, 0.1) is 11.8 Å². The van der Waals surface area contributed by atoms with Gasteiger partial charge in [0.25, 0.3) is 14.5 Å². The first-order valence-corrected chi connectivity index (χ1v) is 8.70. The fourth-order valence-electron chi connectivity index (χ4n) is 2.14. The Hall–Kier alpha value is 1.09. The molecule has 0 aromatic heterocycles. The van der Waals surface area contributed by atoms with Gasteiger partial charge in [-0.3, -0.25) is 0 Å². The van der Waals surface area contributed by atoms with Gasteiger partial charge >= 0.3 is 18.9 Å². The van der Waals surface area contributed by atoms with Crippen LogP contribution >= 0.6 is 0 Å². The van der Waals surface area contributed by atoms with Crippen molar-refractivity contribution in [1.29, 1.82) is 0 Å². The van der Waals surface area contributed by atoms with Gasteiger partial charge in [-0.2, -0.15) is 10.6 Å². The second-order valence-electron chi connectivity index (χ2n) is 6.38. The van der Waals surface area contributed by atoms with Crippen molar-refractivity contribution < 1.29 is 22.6 Å². The first-order chi connectivity index (χ1) is 6.20. The van der Waals surface area contributed by atoms with E-state index in [-0.39, 0.29) is 24.5 Å². The maximum absolute atomic E-state index is 6.24. The zero-order valence-electron chi connectivity index (χ0n) is 12.2. The predicted molar refractivity (Wildman–Crippen MR) is 67.3 cm³/mol. The Balaban J connectivity index is 0. The fraction of sp³-hybridized carbons (Fsp3) is 1.00. The van der Waals surface area contributed by atoms with Gasteiger partial charge in [-0.25, -0.2) is 0 Å². The molecule has 0 aromatic rings. The molecule has 0 rings (SSSR count). The van der Waals surface area contributed by atoms with Crippen LogP contribution < -0.4 is 18.9 Å². The van der Waals surface area contributed by atoms with Crippen LogP contribution in [-0.2, 0) is 3.79 Å². The topological polar surface area (TPSA) is 9.23 Å². The van der Waals surface area contributed by atoms with Gasteiger partial charge in [-0.15, -0.1) is 0 Å². The minimum atomic E-state index is -1.35. The number of rotatable bonds is 5. The van der Waals surface area contributed by atoms with Gasteiger partial charge in [0, 0.05) is 5.60 Å². The first kappa shape index (κ1) is 18.5. The summed E-state index contributed by atoms with van der Waals surface area (Å²) in [7, 11) is 0. The smallest absolute Gasteiger partial charge is 0.656 e. The van der Waals surface area contributed by atoms with Crippen molar-refractivity contribution in [3.63, 3.8) is 0 Å². The quantitative estimate of drug-likeness (QED) is 0.626. The summed E-state index contributed by atoms with van der Waals surface area (Å²) in [6.07, 6.45) is 0. The van der Waals surface area contributed by atoms with Crippen molar-refractivity contribution in [1.82, 2.24) is 0 Å². The molecule has 0 spiro atoms. The summed E-state index contributed by atoms with van der Waals surface area (Å²) in [5, 5.41) is 2.70. The van der Waals surface area contributed by atoms with E-state index in [2.05, 4.69) is 48.5 Å². The van der Waals surface area contributed by atoms with Crippen LogP contribution in [0.1, 0.15) is 48.5 Å². The molecular formula is C12H28AlLiO. The molecule has 0 aromatic carbocycles. The fourth-order valence-corrected chi connectivity index (χ4v) is 6.41. The molecule has 15 heavy (non-hydrogen) atoms. The monoisotopic (exact) mass is 222 g/mol. The van der Waals surface area contributed by atoms with Crippen LogP contribution in [0.2, 0.25) is 10.6 Å². The van der Waals surface area contributed by atoms with Crippen molar-refractivity contribution in [2.45, 2.75) is 64.6 Å². The van der Waals surface area contributed by atoms with Gasteiger partial charge in [0.15, 0.2) is 0 Å². The molecule has 0 fully saturated rings. The summed E-state index contributed by atoms with van der Waals surface area (Å²) in [4.78, 5) is 0. The van der Waals surface area contributed by atoms with Crippen LogP contribution in [0.5, 0.6) is 0 Å². The molecule has 0 saturated carbocycles. The Labute approximate surface area is 113 Å². The molecular weight excluding hydrogens is 194 g/mol. The summed E-state index contributed by atoms with van der Waals surface area (Å²) in [6, 6.07) is 0. The van der Waals surface area contributed by atoms with E-state index < -0.39 is 14.5 Å². The molecule has 0 heterocycles. The molecule has 3 heteroatoms. The van der Waals surface area contributed by atoms with E-state index in [4.69, 9.17) is 3.79 Å². The normalized spacial score (nSPS) is 12.4. The van der Waals surface area contributed by atoms with E-state index in [1.54, 1.807) is 0 Å². The van der Waals surface area contributed by atoms with E-state index in [1.807, 2.05) is 0 Å². The Morgan fingerprint density at radius 2 is 1.27 bits per heavy atom. The molecule has 0 bridgehead atoms. The molecule has 0 atom stereocenters. The van der Waals surface area contributed by atoms with Crippen LogP contribution in [-0.4, -0.2) is 20.1 Å². The van der Waals surface area contributed by atoms with Gasteiger partial charge in [-0.05, 0) is 20.8 Å². The van der Waals surface area contributed by atoms with Crippen molar-refractivity contribution in [2.24, 2.45) is 11.8 Å². The average molecular weight is 222 g/mol. The maximum atomic E-state index is 6.24. The second kappa shape index (κ2) is 8.22. The van der Waals surface area contributed by atoms with Crippen molar-refractivity contribution in [2.75, 3.05) is 0 Å². The summed E-state index contributed by atoms with van der Waals surface area (Å²) in [5.41, 5.74) is 0.0727. The maximum Gasteiger partial charge on any atom is 1.00 e. The minimum absolute atomic E-state index is 0. The van der Waals surface area contributed by atoms with Gasteiger partial charge in [0.2, 0.25) is 0 Å². The minimum Gasteiger partial charge on any atom is -0.656 e. The summed E-state index contributed by atoms with van der Waals surface area (Å²) in [5.74, 6) is 1.60. The summed E-state index contributed by atoms with van der Waals surface area (Å²) < 4.78 is 6.24. The van der Waals surface area contributed by atoms with E-state index >= 15 is 0 Å². The van der Waals surface area contributed by atoms with Crippen molar-refractivity contribution >= 4 is 14.5 Å². The predicted octanol–water partition coefficient (Wildman–Crippen LogP) is 0.841. The van der Waals surface area contributed by atoms with E-state index in [0.29, 0.717) is 0 Å². The standard InChI is InChI=1S/C4H9O.2C4H9.Al.Li.H/c1-4(2,3)5;2*1-4(2)3;;;/h1-3H3;2*4H,1H2,2-3H3;;;/q-1;;;;+1;. The molecule has 1 nitrogen and oxygen atoms in total. The second-order valence-corrected chi connectivity index (χ2v) is 9.35. The molecule has 0 amide bonds. The van der Waals surface area contributed by atoms with Gasteiger partial charge in [0.1, 0.15) is 0 Å². The van der Waals surface area contributed by atoms with Crippen LogP contribution in [0.3, 0.4) is 0 Å². The number of hydrogen-bond acceptors (Lipinski definition) is 1. The molecule has 86 valence electrons. The first-order valence-electron chi connectivity index (χ1n) is 6.12. The van der Waals surface area contributed by atoms with Gasteiger partial charge in [-0.1, -0.05) is 39.5 Å². The average Bonchev–Trinajstić information content (AvgIpc) is 1.77. The molecule has 0 N–H and O–H groups in total. The third-order valence-electron chi connectivity index (χ3n) is 2.44. The molecule has 0 unspecified atom stereocenters. The largest absolute Gasteiger partial charge is 1.00 e. The van der Waals surface area contributed by atoms with Crippen LogP contribution in [0.25, 0.3) is 0 Å². The van der Waals surface area contributed by atoms with Crippen LogP contribution in [0.4, 0.5) is 0 Å². The van der Waals surface area contributed by atoms with Crippen LogP contribution in [0.15, 0.2) is 0 Å². The zero-order valence-corrected chi connectivity index (χ0v) is 13.6.